The Kier molecular flexibility index (Phi) is 4.21. The van der Waals surface area contributed by atoms with Gasteiger partial charge in [-0.15, -0.1) is 0 Å². The molecule has 0 saturated carbocycles. The van der Waals surface area contributed by atoms with E-state index in [0.717, 1.165) is 6.26 Å². The quantitative estimate of drug-likeness (QED) is 0.487. The number of ether oxygens (including phenoxy) is 1. The summed E-state index contributed by atoms with van der Waals surface area (Å²) in [5, 5.41) is 0. The van der Waals surface area contributed by atoms with Crippen LogP contribution < -0.4 is 0 Å². The third kappa shape index (κ3) is 3.33. The van der Waals surface area contributed by atoms with Gasteiger partial charge in [-0.25, -0.2) is 9.18 Å². The molecule has 2 rings (SSSR count). The predicted octanol–water partition coefficient (Wildman–Crippen LogP) is 3.29. The smallest absolute Gasteiger partial charge is 0.429 e. The van der Waals surface area contributed by atoms with Crippen molar-refractivity contribution in [2.24, 2.45) is 0 Å². The van der Waals surface area contributed by atoms with E-state index in [4.69, 9.17) is 14.0 Å². The third-order valence-corrected chi connectivity index (χ3v) is 3.77. The van der Waals surface area contributed by atoms with Crippen LogP contribution in [0, 0.1) is 0 Å². The number of carbonyl (C=O) groups excluding carboxylic acids is 1. The van der Waals surface area contributed by atoms with Gasteiger partial charge in [-0.2, -0.15) is 0 Å². The zero-order chi connectivity index (χ0) is 15.7. The molecule has 1 aliphatic heterocycles. The van der Waals surface area contributed by atoms with Crippen LogP contribution in [0.3, 0.4) is 0 Å². The highest BCUT2D eigenvalue weighted by atomic mass is 19.1. The van der Waals surface area contributed by atoms with E-state index in [9.17, 15) is 9.18 Å². The van der Waals surface area contributed by atoms with Gasteiger partial charge in [0.2, 0.25) is 0 Å². The molecule has 0 atom stereocenters. The molecule has 0 unspecified atom stereocenters. The van der Waals surface area contributed by atoms with Gasteiger partial charge in [0.15, 0.2) is 5.73 Å². The average Bonchev–Trinajstić information content (AvgIpc) is 2.65. The van der Waals surface area contributed by atoms with E-state index in [1.54, 1.807) is 30.3 Å². The summed E-state index contributed by atoms with van der Waals surface area (Å²) >= 11 is 0. The second-order valence-electron chi connectivity index (χ2n) is 5.86. The minimum absolute atomic E-state index is 0.343. The van der Waals surface area contributed by atoms with E-state index in [1.165, 1.54) is 0 Å². The number of carbonyl (C=O) groups is 1. The van der Waals surface area contributed by atoms with Crippen molar-refractivity contribution in [1.82, 2.24) is 0 Å². The van der Waals surface area contributed by atoms with Gasteiger partial charge < -0.3 is 14.0 Å². The van der Waals surface area contributed by atoms with Gasteiger partial charge in [-0.05, 0) is 39.8 Å². The van der Waals surface area contributed by atoms with Crippen LogP contribution in [0.25, 0.3) is 0 Å². The fourth-order valence-corrected chi connectivity index (χ4v) is 1.76. The molecule has 0 aliphatic carbocycles. The van der Waals surface area contributed by atoms with Gasteiger partial charge in [-0.1, -0.05) is 18.2 Å². The van der Waals surface area contributed by atoms with Crippen LogP contribution in [0.5, 0.6) is 0 Å². The molecule has 0 spiro atoms. The van der Waals surface area contributed by atoms with Gasteiger partial charge in [-0.3, -0.25) is 0 Å². The van der Waals surface area contributed by atoms with Crippen molar-refractivity contribution in [2.75, 3.05) is 0 Å². The Labute approximate surface area is 124 Å². The van der Waals surface area contributed by atoms with Crippen molar-refractivity contribution in [3.8, 4) is 0 Å². The van der Waals surface area contributed by atoms with Crippen molar-refractivity contribution >= 4 is 13.1 Å². The molecule has 1 fully saturated rings. The molecule has 1 aromatic carbocycles. The second kappa shape index (κ2) is 5.62. The molecule has 0 amide bonds. The number of benzene rings is 1. The first-order chi connectivity index (χ1) is 9.73. The summed E-state index contributed by atoms with van der Waals surface area (Å²) in [6.45, 7) is 7.26. The third-order valence-electron chi connectivity index (χ3n) is 3.77. The SMILES string of the molecule is CC1(C)OB(/C(F)=C/OC(=O)c2ccccc2)OC1(C)C. The van der Waals surface area contributed by atoms with Crippen molar-refractivity contribution in [3.05, 3.63) is 47.9 Å². The Bertz CT molecular complexity index is 538. The first kappa shape index (κ1) is 15.7. The van der Waals surface area contributed by atoms with E-state index < -0.39 is 30.0 Å². The van der Waals surface area contributed by atoms with Crippen LogP contribution in [0.15, 0.2) is 42.3 Å². The van der Waals surface area contributed by atoms with Crippen LogP contribution >= 0.6 is 0 Å². The normalized spacial score (nSPS) is 20.4. The summed E-state index contributed by atoms with van der Waals surface area (Å²) in [4.78, 5) is 11.7. The molecule has 6 heteroatoms. The fraction of sp³-hybridized carbons (Fsp3) is 0.400. The van der Waals surface area contributed by atoms with E-state index in [1.807, 2.05) is 27.7 Å². The first-order valence-corrected chi connectivity index (χ1v) is 6.70. The number of rotatable bonds is 3. The van der Waals surface area contributed by atoms with Crippen LogP contribution in [0.4, 0.5) is 4.39 Å². The molecule has 0 bridgehead atoms. The average molecular weight is 292 g/mol. The van der Waals surface area contributed by atoms with Gasteiger partial charge in [0.25, 0.3) is 0 Å². The number of hydrogen-bond acceptors (Lipinski definition) is 4. The number of esters is 1. The van der Waals surface area contributed by atoms with E-state index in [-0.39, 0.29) is 0 Å². The van der Waals surface area contributed by atoms with Gasteiger partial charge in [0.1, 0.15) is 6.26 Å². The monoisotopic (exact) mass is 292 g/mol. The molecule has 112 valence electrons. The highest BCUT2D eigenvalue weighted by molar-refractivity contribution is 6.53. The molecule has 21 heavy (non-hydrogen) atoms. The van der Waals surface area contributed by atoms with E-state index >= 15 is 0 Å². The summed E-state index contributed by atoms with van der Waals surface area (Å²) in [5.74, 6) is -0.637. The summed E-state index contributed by atoms with van der Waals surface area (Å²) in [5.41, 5.74) is -1.73. The lowest BCUT2D eigenvalue weighted by atomic mass is 9.89. The summed E-state index contributed by atoms with van der Waals surface area (Å²) in [6, 6.07) is 8.35. The maximum atomic E-state index is 14.0. The lowest BCUT2D eigenvalue weighted by molar-refractivity contribution is 0.00578. The largest absolute Gasteiger partial charge is 0.528 e. The summed E-state index contributed by atoms with van der Waals surface area (Å²) < 4.78 is 29.8. The zero-order valence-electron chi connectivity index (χ0n) is 12.6. The molecule has 0 radical (unpaired) electrons. The molecule has 1 aromatic rings. The Hall–Kier alpha value is -1.66. The standard InChI is InChI=1S/C15H18BFO4/c1-14(2)15(3,4)21-16(20-14)12(17)10-19-13(18)11-8-6-5-7-9-11/h5-10H,1-4H3/b12-10-. The Morgan fingerprint density at radius 2 is 1.67 bits per heavy atom. The van der Waals surface area contributed by atoms with Crippen LogP contribution in [-0.4, -0.2) is 24.3 Å². The summed E-state index contributed by atoms with van der Waals surface area (Å²) in [6.07, 6.45) is 0.734. The van der Waals surface area contributed by atoms with E-state index in [0.29, 0.717) is 5.56 Å². The van der Waals surface area contributed by atoms with Crippen molar-refractivity contribution in [1.29, 1.82) is 0 Å². The molecule has 0 N–H and O–H groups in total. The predicted molar refractivity (Wildman–Crippen MR) is 77.1 cm³/mol. The molecule has 0 aromatic heterocycles. The molecule has 1 heterocycles. The molecule has 1 saturated heterocycles. The Morgan fingerprint density at radius 1 is 1.14 bits per heavy atom. The highest BCUT2D eigenvalue weighted by Crippen LogP contribution is 2.38. The van der Waals surface area contributed by atoms with Crippen LogP contribution in [0.1, 0.15) is 38.1 Å². The van der Waals surface area contributed by atoms with E-state index in [2.05, 4.69) is 0 Å². The van der Waals surface area contributed by atoms with Crippen LogP contribution in [-0.2, 0) is 14.0 Å². The van der Waals surface area contributed by atoms with Crippen molar-refractivity contribution in [3.63, 3.8) is 0 Å². The zero-order valence-corrected chi connectivity index (χ0v) is 12.6. The van der Waals surface area contributed by atoms with Gasteiger partial charge in [0, 0.05) is 0 Å². The van der Waals surface area contributed by atoms with Gasteiger partial charge in [0.05, 0.1) is 16.8 Å². The molecular weight excluding hydrogens is 274 g/mol. The topological polar surface area (TPSA) is 44.8 Å². The lowest BCUT2D eigenvalue weighted by Gasteiger charge is -2.32. The molecule has 4 nitrogen and oxygen atoms in total. The van der Waals surface area contributed by atoms with Gasteiger partial charge >= 0.3 is 13.1 Å². The Balaban J connectivity index is 2.01. The fourth-order valence-electron chi connectivity index (χ4n) is 1.76. The lowest BCUT2D eigenvalue weighted by Crippen LogP contribution is -2.41. The van der Waals surface area contributed by atoms with Crippen molar-refractivity contribution in [2.45, 2.75) is 38.9 Å². The molecule has 1 aliphatic rings. The summed E-state index contributed by atoms with van der Waals surface area (Å²) in [7, 11) is -1.17. The first-order valence-electron chi connectivity index (χ1n) is 6.70. The minimum Gasteiger partial charge on any atom is -0.429 e. The number of hydrogen-bond donors (Lipinski definition) is 0. The maximum absolute atomic E-state index is 14.0. The molecular formula is C15H18BFO4. The maximum Gasteiger partial charge on any atom is 0.528 e. The minimum atomic E-state index is -1.17. The second-order valence-corrected chi connectivity index (χ2v) is 5.86. The highest BCUT2D eigenvalue weighted by Gasteiger charge is 2.53. The van der Waals surface area contributed by atoms with Crippen LogP contribution in [0.2, 0.25) is 0 Å². The van der Waals surface area contributed by atoms with Crippen molar-refractivity contribution < 1.29 is 23.2 Å². The number of halogens is 1. The Morgan fingerprint density at radius 3 is 2.19 bits per heavy atom.